The van der Waals surface area contributed by atoms with Crippen LogP contribution in [0.5, 0.6) is 11.5 Å². The highest BCUT2D eigenvalue weighted by atomic mass is 35.5. The standard InChI is InChI=1S/C31H27Cl2FN2O8/c1-44-22-11-4-15(13-21(22)37)25-18-9-10-19-24(27(41)35(26(19)40)12-2-3-23(38)39)20(18)14-30(32)28(42)36(29(43)31(25,30)33)17-7-5-16(34)6-8-17/h4-9,11,13,19-20,24-25,37H,2-3,10,12,14H2,1H3,(H,38,39). The second kappa shape index (κ2) is 10.6. The van der Waals surface area contributed by atoms with E-state index in [0.29, 0.717) is 11.1 Å². The highest BCUT2D eigenvalue weighted by molar-refractivity contribution is 6.58. The van der Waals surface area contributed by atoms with Gasteiger partial charge in [0, 0.05) is 18.9 Å². The smallest absolute Gasteiger partial charge is 0.303 e. The summed E-state index contributed by atoms with van der Waals surface area (Å²) < 4.78 is 18.9. The van der Waals surface area contributed by atoms with Gasteiger partial charge in [-0.25, -0.2) is 9.29 Å². The number of imide groups is 2. The number of anilines is 1. The van der Waals surface area contributed by atoms with Crippen LogP contribution < -0.4 is 9.64 Å². The molecule has 2 heterocycles. The Bertz CT molecular complexity index is 1650. The normalized spacial score (nSPS) is 31.0. The van der Waals surface area contributed by atoms with E-state index < -0.39 is 68.8 Å². The minimum absolute atomic E-state index is 0.0544. The van der Waals surface area contributed by atoms with Crippen molar-refractivity contribution in [2.75, 3.05) is 18.6 Å². The third kappa shape index (κ3) is 4.16. The van der Waals surface area contributed by atoms with Crippen molar-refractivity contribution in [3.8, 4) is 11.5 Å². The number of amides is 4. The molecule has 6 rings (SSSR count). The average Bonchev–Trinajstić information content (AvgIpc) is 3.31. The van der Waals surface area contributed by atoms with Gasteiger partial charge in [0.15, 0.2) is 21.2 Å². The number of fused-ring (bicyclic) bond motifs is 4. The van der Waals surface area contributed by atoms with E-state index in [4.69, 9.17) is 33.0 Å². The van der Waals surface area contributed by atoms with Crippen LogP contribution in [0, 0.1) is 23.6 Å². The van der Waals surface area contributed by atoms with Crippen molar-refractivity contribution >= 4 is 58.5 Å². The first-order chi connectivity index (χ1) is 20.8. The van der Waals surface area contributed by atoms with Gasteiger partial charge in [0.05, 0.1) is 24.6 Å². The lowest BCUT2D eigenvalue weighted by molar-refractivity contribution is -0.142. The summed E-state index contributed by atoms with van der Waals surface area (Å²) in [4.78, 5) is 64.4. The lowest BCUT2D eigenvalue weighted by Crippen LogP contribution is -2.60. The van der Waals surface area contributed by atoms with Crippen LogP contribution >= 0.6 is 23.2 Å². The van der Waals surface area contributed by atoms with Crippen molar-refractivity contribution in [2.45, 2.75) is 41.3 Å². The number of benzene rings is 2. The maximum Gasteiger partial charge on any atom is 0.303 e. The Morgan fingerprint density at radius 1 is 1.05 bits per heavy atom. The van der Waals surface area contributed by atoms with Crippen LogP contribution in [0.3, 0.4) is 0 Å². The highest BCUT2D eigenvalue weighted by Crippen LogP contribution is 2.66. The number of nitrogens with zero attached hydrogens (tertiary/aromatic N) is 2. The Hall–Kier alpha value is -3.96. The summed E-state index contributed by atoms with van der Waals surface area (Å²) in [7, 11) is 1.37. The molecule has 2 aromatic rings. The molecule has 3 fully saturated rings. The molecular weight excluding hydrogens is 618 g/mol. The quantitative estimate of drug-likeness (QED) is 0.262. The topological polar surface area (TPSA) is 142 Å². The molecule has 1 saturated carbocycles. The van der Waals surface area contributed by atoms with Gasteiger partial charge in [-0.1, -0.05) is 17.7 Å². The van der Waals surface area contributed by atoms with E-state index in [0.717, 1.165) is 21.9 Å². The second-order valence-electron chi connectivity index (χ2n) is 11.5. The van der Waals surface area contributed by atoms with Crippen LogP contribution in [-0.2, 0) is 24.0 Å². The summed E-state index contributed by atoms with van der Waals surface area (Å²) in [5, 5.41) is 19.7. The molecule has 13 heteroatoms. The summed E-state index contributed by atoms with van der Waals surface area (Å²) in [6.45, 7) is -0.0734. The predicted molar refractivity (Wildman–Crippen MR) is 155 cm³/mol. The van der Waals surface area contributed by atoms with Crippen molar-refractivity contribution < 1.29 is 43.3 Å². The Morgan fingerprint density at radius 2 is 1.75 bits per heavy atom. The van der Waals surface area contributed by atoms with Crippen molar-refractivity contribution in [3.05, 3.63) is 65.5 Å². The summed E-state index contributed by atoms with van der Waals surface area (Å²) in [5.74, 6) is -8.02. The molecule has 6 unspecified atom stereocenters. The molecule has 2 aliphatic heterocycles. The Balaban J connectivity index is 1.49. The van der Waals surface area contributed by atoms with Crippen LogP contribution in [0.1, 0.15) is 37.2 Å². The number of likely N-dealkylation sites (tertiary alicyclic amines) is 1. The molecule has 44 heavy (non-hydrogen) atoms. The zero-order valence-corrected chi connectivity index (χ0v) is 24.8. The molecule has 0 bridgehead atoms. The van der Waals surface area contributed by atoms with Gasteiger partial charge in [-0.2, -0.15) is 0 Å². The van der Waals surface area contributed by atoms with Crippen molar-refractivity contribution in [1.82, 2.24) is 4.90 Å². The summed E-state index contributed by atoms with van der Waals surface area (Å²) in [5.41, 5.74) is 0.909. The minimum atomic E-state index is -2.14. The highest BCUT2D eigenvalue weighted by Gasteiger charge is 2.76. The first kappa shape index (κ1) is 30.1. The van der Waals surface area contributed by atoms with Crippen LogP contribution in [-0.4, -0.2) is 68.1 Å². The zero-order valence-electron chi connectivity index (χ0n) is 23.3. The molecular formula is C31H27Cl2FN2O8. The van der Waals surface area contributed by atoms with E-state index in [1.807, 2.05) is 0 Å². The number of alkyl halides is 2. The molecule has 6 atom stereocenters. The Morgan fingerprint density at radius 3 is 2.39 bits per heavy atom. The Labute approximate surface area is 261 Å². The van der Waals surface area contributed by atoms with Gasteiger partial charge in [-0.05, 0) is 67.1 Å². The van der Waals surface area contributed by atoms with Crippen LogP contribution in [0.4, 0.5) is 10.1 Å². The number of hydrogen-bond acceptors (Lipinski definition) is 7. The van der Waals surface area contributed by atoms with Gasteiger partial charge in [-0.3, -0.25) is 28.9 Å². The van der Waals surface area contributed by atoms with Gasteiger partial charge in [0.25, 0.3) is 11.8 Å². The number of aromatic hydroxyl groups is 1. The van der Waals surface area contributed by atoms with E-state index in [1.54, 1.807) is 12.1 Å². The lowest BCUT2D eigenvalue weighted by atomic mass is 9.56. The third-order valence-corrected chi connectivity index (χ3v) is 10.7. The molecule has 2 aliphatic carbocycles. The maximum absolute atomic E-state index is 14.3. The van der Waals surface area contributed by atoms with Crippen LogP contribution in [0.2, 0.25) is 0 Å². The molecule has 230 valence electrons. The van der Waals surface area contributed by atoms with Crippen LogP contribution in [0.15, 0.2) is 54.1 Å². The molecule has 0 radical (unpaired) electrons. The molecule has 4 amide bonds. The van der Waals surface area contributed by atoms with Crippen molar-refractivity contribution in [3.63, 3.8) is 0 Å². The molecule has 2 N–H and O–H groups in total. The number of carboxylic acids is 1. The van der Waals surface area contributed by atoms with E-state index in [1.165, 1.54) is 31.4 Å². The second-order valence-corrected chi connectivity index (χ2v) is 12.7. The van der Waals surface area contributed by atoms with Gasteiger partial charge in [-0.15, -0.1) is 23.2 Å². The lowest BCUT2D eigenvalue weighted by Gasteiger charge is -2.50. The number of allylic oxidation sites excluding steroid dienone is 2. The van der Waals surface area contributed by atoms with E-state index >= 15 is 0 Å². The average molecular weight is 645 g/mol. The number of hydrogen-bond donors (Lipinski definition) is 2. The number of aliphatic carboxylic acids is 1. The van der Waals surface area contributed by atoms with Gasteiger partial charge >= 0.3 is 5.97 Å². The molecule has 2 aromatic carbocycles. The van der Waals surface area contributed by atoms with Crippen molar-refractivity contribution in [1.29, 1.82) is 0 Å². The number of carbonyl (C=O) groups excluding carboxylic acids is 4. The molecule has 0 spiro atoms. The fourth-order valence-electron chi connectivity index (χ4n) is 7.33. The number of rotatable bonds is 7. The predicted octanol–water partition coefficient (Wildman–Crippen LogP) is 3.97. The first-order valence-electron chi connectivity index (χ1n) is 14.0. The Kier molecular flexibility index (Phi) is 7.24. The molecule has 4 aliphatic rings. The summed E-state index contributed by atoms with van der Waals surface area (Å²) in [6.07, 6.45) is 1.49. The van der Waals surface area contributed by atoms with Gasteiger partial charge in [0.2, 0.25) is 11.8 Å². The molecule has 0 aromatic heterocycles. The molecule has 10 nitrogen and oxygen atoms in total. The number of ether oxygens (including phenoxy) is 1. The SMILES string of the molecule is COc1ccc(C2C3=CCC4C(=O)N(CCCC(=O)O)C(=O)C4C3CC3(Cl)C(=O)N(c4ccc(F)cc4)C(=O)C23Cl)cc1O. The first-order valence-corrected chi connectivity index (χ1v) is 14.8. The summed E-state index contributed by atoms with van der Waals surface area (Å²) >= 11 is 14.5. The number of phenolic OH excluding ortho intramolecular Hbond substituents is 1. The van der Waals surface area contributed by atoms with E-state index in [-0.39, 0.29) is 49.4 Å². The summed E-state index contributed by atoms with van der Waals surface area (Å²) in [6, 6.07) is 9.11. The van der Waals surface area contributed by atoms with Gasteiger partial charge in [0.1, 0.15) is 5.82 Å². The third-order valence-electron chi connectivity index (χ3n) is 9.30. The van der Waals surface area contributed by atoms with Crippen LogP contribution in [0.25, 0.3) is 0 Å². The number of methoxy groups -OCH3 is 1. The van der Waals surface area contributed by atoms with E-state index in [2.05, 4.69) is 0 Å². The number of phenols is 1. The fraction of sp³-hybridized carbons (Fsp3) is 0.387. The zero-order chi connectivity index (χ0) is 31.7. The molecule has 2 saturated heterocycles. The fourth-order valence-corrected chi connectivity index (χ4v) is 8.27. The number of carboxylic acid groups (broad SMARTS) is 1. The maximum atomic E-state index is 14.3. The largest absolute Gasteiger partial charge is 0.504 e. The van der Waals surface area contributed by atoms with Crippen molar-refractivity contribution in [2.24, 2.45) is 17.8 Å². The monoisotopic (exact) mass is 644 g/mol. The number of carbonyl (C=O) groups is 5. The van der Waals surface area contributed by atoms with Gasteiger partial charge < -0.3 is 14.9 Å². The van der Waals surface area contributed by atoms with E-state index in [9.17, 15) is 33.5 Å². The minimum Gasteiger partial charge on any atom is -0.504 e. The number of halogens is 3.